The molecule has 0 radical (unpaired) electrons. The lowest BCUT2D eigenvalue weighted by molar-refractivity contribution is 0.0925. The Labute approximate surface area is 149 Å². The van der Waals surface area contributed by atoms with Crippen molar-refractivity contribution in [3.8, 4) is 11.6 Å². The normalized spacial score (nSPS) is 20.4. The first-order valence-corrected chi connectivity index (χ1v) is 8.85. The number of pyridine rings is 1. The summed E-state index contributed by atoms with van der Waals surface area (Å²) >= 11 is 3.38. The minimum atomic E-state index is -0.0989. The highest BCUT2D eigenvalue weighted by atomic mass is 79.9. The van der Waals surface area contributed by atoms with Crippen LogP contribution in [-0.4, -0.2) is 23.0 Å². The van der Waals surface area contributed by atoms with Gasteiger partial charge in [0.05, 0.1) is 5.56 Å². The number of carbonyl (C=O) groups excluding carboxylic acids is 1. The molecule has 3 rings (SSSR count). The van der Waals surface area contributed by atoms with Gasteiger partial charge < -0.3 is 15.8 Å². The Morgan fingerprint density at radius 3 is 2.46 bits per heavy atom. The van der Waals surface area contributed by atoms with Crippen LogP contribution in [0, 0.1) is 0 Å². The number of halogens is 1. The summed E-state index contributed by atoms with van der Waals surface area (Å²) in [6.45, 7) is 0. The van der Waals surface area contributed by atoms with Crippen molar-refractivity contribution in [3.05, 3.63) is 52.6 Å². The van der Waals surface area contributed by atoms with E-state index in [2.05, 4.69) is 26.2 Å². The van der Waals surface area contributed by atoms with E-state index in [1.807, 2.05) is 24.3 Å². The van der Waals surface area contributed by atoms with Gasteiger partial charge in [-0.2, -0.15) is 0 Å². The van der Waals surface area contributed by atoms with Gasteiger partial charge in [0.2, 0.25) is 5.88 Å². The topological polar surface area (TPSA) is 77.2 Å². The first kappa shape index (κ1) is 16.9. The highest BCUT2D eigenvalue weighted by Crippen LogP contribution is 2.22. The molecule has 0 saturated heterocycles. The van der Waals surface area contributed by atoms with Gasteiger partial charge in [-0.25, -0.2) is 4.98 Å². The molecule has 5 nitrogen and oxygen atoms in total. The number of nitrogens with zero attached hydrogens (tertiary/aromatic N) is 1. The van der Waals surface area contributed by atoms with E-state index in [4.69, 9.17) is 10.5 Å². The van der Waals surface area contributed by atoms with E-state index in [0.29, 0.717) is 17.2 Å². The van der Waals surface area contributed by atoms with Gasteiger partial charge in [0.1, 0.15) is 5.75 Å². The van der Waals surface area contributed by atoms with Crippen molar-refractivity contribution in [1.82, 2.24) is 10.3 Å². The third kappa shape index (κ3) is 4.55. The lowest BCUT2D eigenvalue weighted by atomic mass is 9.92. The van der Waals surface area contributed by atoms with Gasteiger partial charge in [-0.1, -0.05) is 15.9 Å². The number of carbonyl (C=O) groups is 1. The monoisotopic (exact) mass is 389 g/mol. The lowest BCUT2D eigenvalue weighted by Gasteiger charge is -2.26. The van der Waals surface area contributed by atoms with Crippen LogP contribution < -0.4 is 15.8 Å². The van der Waals surface area contributed by atoms with Crippen LogP contribution in [0.25, 0.3) is 0 Å². The molecule has 1 aliphatic carbocycles. The molecule has 126 valence electrons. The molecule has 3 N–H and O–H groups in total. The molecule has 2 aromatic rings. The van der Waals surface area contributed by atoms with Crippen LogP contribution in [0.5, 0.6) is 11.6 Å². The zero-order valence-electron chi connectivity index (χ0n) is 13.2. The van der Waals surface area contributed by atoms with E-state index >= 15 is 0 Å². The van der Waals surface area contributed by atoms with E-state index in [-0.39, 0.29) is 18.0 Å². The first-order valence-electron chi connectivity index (χ1n) is 8.06. The largest absolute Gasteiger partial charge is 0.439 e. The molecule has 24 heavy (non-hydrogen) atoms. The van der Waals surface area contributed by atoms with Gasteiger partial charge in [-0.05, 0) is 56.0 Å². The molecular formula is C18H20BrN3O2. The Kier molecular flexibility index (Phi) is 5.48. The first-order chi connectivity index (χ1) is 11.6. The quantitative estimate of drug-likeness (QED) is 0.836. The summed E-state index contributed by atoms with van der Waals surface area (Å²) < 4.78 is 6.64. The van der Waals surface area contributed by atoms with Gasteiger partial charge in [-0.15, -0.1) is 0 Å². The van der Waals surface area contributed by atoms with Crippen LogP contribution in [0.15, 0.2) is 47.1 Å². The number of aromatic nitrogens is 1. The molecule has 0 unspecified atom stereocenters. The zero-order chi connectivity index (χ0) is 16.9. The Balaban J connectivity index is 1.57. The maximum Gasteiger partial charge on any atom is 0.253 e. The Hall–Kier alpha value is -1.92. The van der Waals surface area contributed by atoms with Crippen LogP contribution in [0.1, 0.15) is 36.0 Å². The number of benzene rings is 1. The molecule has 6 heteroatoms. The SMILES string of the molecule is NC1CCC(NC(=O)c2ccc(Oc3ccc(Br)cc3)nc2)CC1. The molecule has 0 spiro atoms. The average Bonchev–Trinajstić information content (AvgIpc) is 2.59. The zero-order valence-corrected chi connectivity index (χ0v) is 14.8. The van der Waals surface area contributed by atoms with E-state index in [1.165, 1.54) is 6.20 Å². The number of nitrogens with one attached hydrogen (secondary N) is 1. The summed E-state index contributed by atoms with van der Waals surface area (Å²) in [4.78, 5) is 16.5. The number of ether oxygens (including phenoxy) is 1. The minimum Gasteiger partial charge on any atom is -0.439 e. The van der Waals surface area contributed by atoms with Crippen LogP contribution in [0.2, 0.25) is 0 Å². The number of hydrogen-bond donors (Lipinski definition) is 2. The second-order valence-corrected chi connectivity index (χ2v) is 6.94. The van der Waals surface area contributed by atoms with Crippen molar-refractivity contribution in [2.75, 3.05) is 0 Å². The molecule has 0 bridgehead atoms. The lowest BCUT2D eigenvalue weighted by Crippen LogP contribution is -2.40. The summed E-state index contributed by atoms with van der Waals surface area (Å²) in [5.74, 6) is 1.05. The van der Waals surface area contributed by atoms with Gasteiger partial charge >= 0.3 is 0 Å². The summed E-state index contributed by atoms with van der Waals surface area (Å²) in [7, 11) is 0. The van der Waals surface area contributed by atoms with E-state index in [9.17, 15) is 4.79 Å². The van der Waals surface area contributed by atoms with Crippen LogP contribution in [0.4, 0.5) is 0 Å². The second-order valence-electron chi connectivity index (χ2n) is 6.03. The van der Waals surface area contributed by atoms with Gasteiger partial charge in [0.15, 0.2) is 0 Å². The third-order valence-electron chi connectivity index (χ3n) is 4.14. The van der Waals surface area contributed by atoms with E-state index < -0.39 is 0 Å². The van der Waals surface area contributed by atoms with Gasteiger partial charge in [0.25, 0.3) is 5.91 Å². The van der Waals surface area contributed by atoms with Crippen LogP contribution in [0.3, 0.4) is 0 Å². The highest BCUT2D eigenvalue weighted by molar-refractivity contribution is 9.10. The number of amides is 1. The molecule has 1 fully saturated rings. The standard InChI is InChI=1S/C18H20BrN3O2/c19-13-2-8-16(9-3-13)24-17-10-1-12(11-21-17)18(23)22-15-6-4-14(20)5-7-15/h1-3,8-11,14-15H,4-7,20H2,(H,22,23). The van der Waals surface area contributed by atoms with Crippen molar-refractivity contribution in [2.45, 2.75) is 37.8 Å². The summed E-state index contributed by atoms with van der Waals surface area (Å²) in [6, 6.07) is 11.4. The summed E-state index contributed by atoms with van der Waals surface area (Å²) in [5.41, 5.74) is 6.42. The molecule has 1 heterocycles. The van der Waals surface area contributed by atoms with Crippen molar-refractivity contribution in [2.24, 2.45) is 5.73 Å². The van der Waals surface area contributed by atoms with Crippen LogP contribution >= 0.6 is 15.9 Å². The molecule has 1 aromatic heterocycles. The van der Waals surface area contributed by atoms with Crippen LogP contribution in [-0.2, 0) is 0 Å². The van der Waals surface area contributed by atoms with Crippen molar-refractivity contribution in [3.63, 3.8) is 0 Å². The fourth-order valence-electron chi connectivity index (χ4n) is 2.73. The van der Waals surface area contributed by atoms with Gasteiger partial charge in [-0.3, -0.25) is 4.79 Å². The smallest absolute Gasteiger partial charge is 0.253 e. The van der Waals surface area contributed by atoms with E-state index in [1.54, 1.807) is 12.1 Å². The molecule has 0 atom stereocenters. The molecule has 1 saturated carbocycles. The maximum absolute atomic E-state index is 12.3. The molecule has 0 aliphatic heterocycles. The highest BCUT2D eigenvalue weighted by Gasteiger charge is 2.20. The Morgan fingerprint density at radius 1 is 1.12 bits per heavy atom. The fraction of sp³-hybridized carbons (Fsp3) is 0.333. The van der Waals surface area contributed by atoms with E-state index in [0.717, 1.165) is 30.2 Å². The fourth-order valence-corrected chi connectivity index (χ4v) is 2.99. The molecule has 1 aromatic carbocycles. The average molecular weight is 390 g/mol. The maximum atomic E-state index is 12.3. The summed E-state index contributed by atoms with van der Waals surface area (Å²) in [5, 5.41) is 3.05. The van der Waals surface area contributed by atoms with Crippen molar-refractivity contribution in [1.29, 1.82) is 0 Å². The summed E-state index contributed by atoms with van der Waals surface area (Å²) in [6.07, 6.45) is 5.33. The van der Waals surface area contributed by atoms with Gasteiger partial charge in [0, 0.05) is 28.8 Å². The number of rotatable bonds is 4. The minimum absolute atomic E-state index is 0.0989. The predicted molar refractivity (Wildman–Crippen MR) is 96.2 cm³/mol. The molecule has 1 aliphatic rings. The van der Waals surface area contributed by atoms with Crippen molar-refractivity contribution >= 4 is 21.8 Å². The Bertz CT molecular complexity index is 680. The predicted octanol–water partition coefficient (Wildman–Crippen LogP) is 3.64. The second kappa shape index (κ2) is 7.77. The van der Waals surface area contributed by atoms with Crippen molar-refractivity contribution < 1.29 is 9.53 Å². The number of nitrogens with two attached hydrogens (primary N) is 1. The molecular weight excluding hydrogens is 370 g/mol. The Morgan fingerprint density at radius 2 is 1.83 bits per heavy atom. The molecule has 1 amide bonds. The third-order valence-corrected chi connectivity index (χ3v) is 4.67. The number of hydrogen-bond acceptors (Lipinski definition) is 4.